The van der Waals surface area contributed by atoms with E-state index in [0.717, 1.165) is 10.6 Å². The number of aryl methyl sites for hydroxylation is 1. The van der Waals surface area contributed by atoms with Crippen molar-refractivity contribution < 1.29 is 29.0 Å². The molecule has 2 fully saturated rings. The summed E-state index contributed by atoms with van der Waals surface area (Å²) in [6.45, 7) is 1.67. The number of rotatable bonds is 7. The van der Waals surface area contributed by atoms with Crippen molar-refractivity contribution in [3.05, 3.63) is 36.0 Å². The van der Waals surface area contributed by atoms with Crippen molar-refractivity contribution in [2.45, 2.75) is 37.9 Å². The number of likely N-dealkylation sites (tertiary alicyclic amines) is 1. The highest BCUT2D eigenvalue weighted by atomic mass is 16.5. The molecule has 4 atom stereocenters. The second-order valence-corrected chi connectivity index (χ2v) is 7.58. The molecule has 3 aliphatic rings. The maximum absolute atomic E-state index is 12.9. The van der Waals surface area contributed by atoms with Gasteiger partial charge in [0.1, 0.15) is 11.4 Å². The molecular weight excluding hydrogens is 378 g/mol. The van der Waals surface area contributed by atoms with Gasteiger partial charge in [0, 0.05) is 18.7 Å². The molecule has 0 aliphatic carbocycles. The van der Waals surface area contributed by atoms with Gasteiger partial charge in [-0.2, -0.15) is 0 Å². The molecule has 4 rings (SSSR count). The van der Waals surface area contributed by atoms with Gasteiger partial charge in [-0.25, -0.2) is 4.98 Å². The molecule has 0 aromatic carbocycles. The minimum absolute atomic E-state index is 0.0898. The number of carboxylic acids is 1. The molecule has 0 saturated carbocycles. The van der Waals surface area contributed by atoms with Crippen LogP contribution in [0.2, 0.25) is 0 Å². The molecule has 3 aliphatic heterocycles. The van der Waals surface area contributed by atoms with E-state index in [1.807, 2.05) is 13.0 Å². The van der Waals surface area contributed by atoms with Crippen molar-refractivity contribution in [3.63, 3.8) is 0 Å². The summed E-state index contributed by atoms with van der Waals surface area (Å²) in [7, 11) is 0. The molecule has 3 amide bonds. The number of hydrogen-bond donors (Lipinski definition) is 2. The Kier molecular flexibility index (Phi) is 4.70. The van der Waals surface area contributed by atoms with Gasteiger partial charge in [-0.1, -0.05) is 18.2 Å². The Hall–Kier alpha value is -3.07. The molecule has 2 N–H and O–H groups in total. The Morgan fingerprint density at radius 2 is 2.07 bits per heavy atom. The number of carboxylic acid groups (broad SMARTS) is 1. The van der Waals surface area contributed by atoms with Crippen LogP contribution in [-0.4, -0.2) is 56.9 Å². The number of pyridine rings is 1. The van der Waals surface area contributed by atoms with E-state index in [-0.39, 0.29) is 31.7 Å². The molecule has 152 valence electrons. The smallest absolute Gasteiger partial charge is 0.305 e. The second kappa shape index (κ2) is 7.07. The first-order chi connectivity index (χ1) is 13.8. The van der Waals surface area contributed by atoms with Gasteiger partial charge in [-0.3, -0.25) is 24.1 Å². The molecule has 9 nitrogen and oxygen atoms in total. The number of fused-ring (bicyclic) bond motifs is 5. The van der Waals surface area contributed by atoms with Gasteiger partial charge in [-0.05, 0) is 25.5 Å². The zero-order valence-corrected chi connectivity index (χ0v) is 15.8. The summed E-state index contributed by atoms with van der Waals surface area (Å²) in [6.07, 6.45) is 3.04. The van der Waals surface area contributed by atoms with Crippen LogP contribution in [0, 0.1) is 18.8 Å². The number of hydrogen-bond acceptors (Lipinski definition) is 6. The molecule has 2 saturated heterocycles. The number of anilines is 1. The molecule has 2 bridgehead atoms. The fraction of sp³-hybridized carbons (Fsp3) is 0.450. The van der Waals surface area contributed by atoms with E-state index < -0.39 is 41.3 Å². The Balaban J connectivity index is 1.44. The Labute approximate surface area is 166 Å². The standard InChI is InChI=1S/C20H21N3O6/c1-11-3-2-4-13(21-11)22-14(24)6-9-20-8-5-12(29-20)16-17(20)19(28)23(18(16)27)10-7-15(25)26/h2-5,8,12,16-17H,6-7,9-10H2,1H3,(H,25,26)(H,21,22,24)/t12-,16-,17+,20-/m0/s1. The summed E-state index contributed by atoms with van der Waals surface area (Å²) in [5.74, 6) is -3.08. The lowest BCUT2D eigenvalue weighted by molar-refractivity contribution is -0.146. The molecular formula is C20H21N3O6. The lowest BCUT2D eigenvalue weighted by atomic mass is 9.75. The Morgan fingerprint density at radius 1 is 1.28 bits per heavy atom. The number of imide groups is 1. The third kappa shape index (κ3) is 3.31. The Bertz CT molecular complexity index is 929. The molecule has 4 heterocycles. The van der Waals surface area contributed by atoms with Crippen molar-refractivity contribution >= 4 is 29.5 Å². The third-order valence-corrected chi connectivity index (χ3v) is 5.69. The predicted molar refractivity (Wildman–Crippen MR) is 99.5 cm³/mol. The minimum Gasteiger partial charge on any atom is -0.481 e. The van der Waals surface area contributed by atoms with Crippen molar-refractivity contribution in [3.8, 4) is 0 Å². The lowest BCUT2D eigenvalue weighted by Crippen LogP contribution is -2.41. The minimum atomic E-state index is -1.07. The van der Waals surface area contributed by atoms with Gasteiger partial charge >= 0.3 is 5.97 Å². The Morgan fingerprint density at radius 3 is 2.79 bits per heavy atom. The highest BCUT2D eigenvalue weighted by Crippen LogP contribution is 2.53. The van der Waals surface area contributed by atoms with Crippen LogP contribution in [0.3, 0.4) is 0 Å². The summed E-state index contributed by atoms with van der Waals surface area (Å²) >= 11 is 0. The van der Waals surface area contributed by atoms with Crippen LogP contribution in [0.1, 0.15) is 25.0 Å². The number of aliphatic carboxylic acids is 1. The first-order valence-electron chi connectivity index (χ1n) is 9.48. The molecule has 1 aromatic heterocycles. The maximum atomic E-state index is 12.9. The van der Waals surface area contributed by atoms with Crippen LogP contribution >= 0.6 is 0 Å². The van der Waals surface area contributed by atoms with Crippen molar-refractivity contribution in [1.29, 1.82) is 0 Å². The molecule has 1 aromatic rings. The monoisotopic (exact) mass is 399 g/mol. The lowest BCUT2D eigenvalue weighted by Gasteiger charge is -2.28. The van der Waals surface area contributed by atoms with Crippen LogP contribution in [0.15, 0.2) is 30.4 Å². The highest BCUT2D eigenvalue weighted by molar-refractivity contribution is 6.07. The zero-order chi connectivity index (χ0) is 20.8. The van der Waals surface area contributed by atoms with Crippen LogP contribution in [-0.2, 0) is 23.9 Å². The average molecular weight is 399 g/mol. The average Bonchev–Trinajstić information content (AvgIpc) is 3.30. The van der Waals surface area contributed by atoms with E-state index in [0.29, 0.717) is 5.82 Å². The number of carbonyl (C=O) groups excluding carboxylic acids is 3. The van der Waals surface area contributed by atoms with E-state index in [1.54, 1.807) is 24.3 Å². The first kappa shape index (κ1) is 19.3. The summed E-state index contributed by atoms with van der Waals surface area (Å²) in [5.41, 5.74) is -0.237. The van der Waals surface area contributed by atoms with Gasteiger partial charge in [0.2, 0.25) is 17.7 Å². The summed E-state index contributed by atoms with van der Waals surface area (Å²) < 4.78 is 5.97. The topological polar surface area (TPSA) is 126 Å². The number of amides is 3. The summed E-state index contributed by atoms with van der Waals surface area (Å²) in [5, 5.41) is 11.6. The number of nitrogens with zero attached hydrogens (tertiary/aromatic N) is 2. The quantitative estimate of drug-likeness (QED) is 0.515. The summed E-state index contributed by atoms with van der Waals surface area (Å²) in [6, 6.07) is 5.31. The number of ether oxygens (including phenoxy) is 1. The molecule has 0 radical (unpaired) electrons. The molecule has 29 heavy (non-hydrogen) atoms. The third-order valence-electron chi connectivity index (χ3n) is 5.69. The highest BCUT2D eigenvalue weighted by Gasteiger charge is 2.67. The van der Waals surface area contributed by atoms with Gasteiger partial charge in [0.15, 0.2) is 0 Å². The van der Waals surface area contributed by atoms with E-state index >= 15 is 0 Å². The van der Waals surface area contributed by atoms with Crippen molar-refractivity contribution in [2.24, 2.45) is 11.8 Å². The molecule has 0 spiro atoms. The van der Waals surface area contributed by atoms with E-state index in [2.05, 4.69) is 10.3 Å². The molecule has 0 unspecified atom stereocenters. The van der Waals surface area contributed by atoms with Gasteiger partial charge in [0.05, 0.1) is 24.4 Å². The zero-order valence-electron chi connectivity index (χ0n) is 15.8. The normalized spacial score (nSPS) is 29.4. The van der Waals surface area contributed by atoms with Gasteiger partial charge in [0.25, 0.3) is 0 Å². The number of aromatic nitrogens is 1. The van der Waals surface area contributed by atoms with Gasteiger partial charge < -0.3 is 15.2 Å². The van der Waals surface area contributed by atoms with E-state index in [4.69, 9.17) is 9.84 Å². The van der Waals surface area contributed by atoms with Gasteiger partial charge in [-0.15, -0.1) is 0 Å². The summed E-state index contributed by atoms with van der Waals surface area (Å²) in [4.78, 5) is 54.0. The SMILES string of the molecule is Cc1cccc(NC(=O)CC[C@]23C=C[C@H](O2)[C@@H]2C(=O)N(CCC(=O)O)C(=O)[C@@H]23)n1. The predicted octanol–water partition coefficient (Wildman–Crippen LogP) is 0.892. The van der Waals surface area contributed by atoms with Crippen LogP contribution < -0.4 is 5.32 Å². The van der Waals surface area contributed by atoms with E-state index in [9.17, 15) is 19.2 Å². The fourth-order valence-corrected chi connectivity index (χ4v) is 4.41. The largest absolute Gasteiger partial charge is 0.481 e. The van der Waals surface area contributed by atoms with Crippen molar-refractivity contribution in [2.75, 3.05) is 11.9 Å². The fourth-order valence-electron chi connectivity index (χ4n) is 4.41. The second-order valence-electron chi connectivity index (χ2n) is 7.58. The van der Waals surface area contributed by atoms with Crippen LogP contribution in [0.25, 0.3) is 0 Å². The number of carbonyl (C=O) groups is 4. The first-order valence-corrected chi connectivity index (χ1v) is 9.48. The maximum Gasteiger partial charge on any atom is 0.305 e. The van der Waals surface area contributed by atoms with Crippen LogP contribution in [0.5, 0.6) is 0 Å². The number of nitrogens with one attached hydrogen (secondary N) is 1. The molecule has 9 heteroatoms. The van der Waals surface area contributed by atoms with E-state index in [1.165, 1.54) is 0 Å². The van der Waals surface area contributed by atoms with Crippen molar-refractivity contribution in [1.82, 2.24) is 9.88 Å². The van der Waals surface area contributed by atoms with Crippen LogP contribution in [0.4, 0.5) is 5.82 Å².